The van der Waals surface area contributed by atoms with Crippen LogP contribution in [0.25, 0.3) is 0 Å². The molecular weight excluding hydrogens is 248 g/mol. The van der Waals surface area contributed by atoms with Crippen molar-refractivity contribution in [3.8, 4) is 6.07 Å². The quantitative estimate of drug-likeness (QED) is 0.918. The molecule has 0 fully saturated rings. The molecule has 0 radical (unpaired) electrons. The third-order valence-electron chi connectivity index (χ3n) is 2.70. The molecule has 0 amide bonds. The SMILES string of the molecule is CC(Nc1ccc(F)c(C#N)c1)c1cncc(F)c1. The summed E-state index contributed by atoms with van der Waals surface area (Å²) in [4.78, 5) is 3.77. The van der Waals surface area contributed by atoms with Crippen LogP contribution in [-0.2, 0) is 0 Å². The van der Waals surface area contributed by atoms with Gasteiger partial charge < -0.3 is 5.32 Å². The van der Waals surface area contributed by atoms with E-state index in [0.29, 0.717) is 11.3 Å². The number of nitrogens with zero attached hydrogens (tertiary/aromatic N) is 2. The summed E-state index contributed by atoms with van der Waals surface area (Å²) >= 11 is 0. The molecule has 0 saturated heterocycles. The summed E-state index contributed by atoms with van der Waals surface area (Å²) in [6.45, 7) is 1.83. The molecule has 2 aromatic rings. The average molecular weight is 259 g/mol. The van der Waals surface area contributed by atoms with Crippen molar-refractivity contribution >= 4 is 5.69 Å². The van der Waals surface area contributed by atoms with E-state index in [2.05, 4.69) is 10.3 Å². The van der Waals surface area contributed by atoms with E-state index in [1.54, 1.807) is 12.3 Å². The first-order chi connectivity index (χ1) is 9.10. The van der Waals surface area contributed by atoms with Crippen LogP contribution in [0.15, 0.2) is 36.7 Å². The lowest BCUT2D eigenvalue weighted by molar-refractivity contribution is 0.616. The lowest BCUT2D eigenvalue weighted by atomic mass is 10.1. The fourth-order valence-electron chi connectivity index (χ4n) is 1.70. The summed E-state index contributed by atoms with van der Waals surface area (Å²) in [5, 5.41) is 11.8. The maximum atomic E-state index is 13.2. The summed E-state index contributed by atoms with van der Waals surface area (Å²) in [6.07, 6.45) is 2.68. The number of nitrogens with one attached hydrogen (secondary N) is 1. The highest BCUT2D eigenvalue weighted by Gasteiger charge is 2.08. The van der Waals surface area contributed by atoms with E-state index in [9.17, 15) is 8.78 Å². The Hall–Kier alpha value is -2.48. The number of halogens is 2. The summed E-state index contributed by atoms with van der Waals surface area (Å²) < 4.78 is 26.2. The molecule has 0 spiro atoms. The molecule has 1 aromatic heterocycles. The van der Waals surface area contributed by atoms with Gasteiger partial charge in [-0.25, -0.2) is 8.78 Å². The molecule has 0 aliphatic carbocycles. The van der Waals surface area contributed by atoms with Crippen molar-refractivity contribution in [1.29, 1.82) is 5.26 Å². The zero-order valence-corrected chi connectivity index (χ0v) is 10.2. The topological polar surface area (TPSA) is 48.7 Å². The van der Waals surface area contributed by atoms with Gasteiger partial charge in [0.15, 0.2) is 0 Å². The maximum Gasteiger partial charge on any atom is 0.141 e. The second-order valence-corrected chi connectivity index (χ2v) is 4.11. The predicted molar refractivity (Wildman–Crippen MR) is 67.3 cm³/mol. The van der Waals surface area contributed by atoms with Gasteiger partial charge in [0.05, 0.1) is 17.8 Å². The van der Waals surface area contributed by atoms with Crippen LogP contribution in [0.4, 0.5) is 14.5 Å². The maximum absolute atomic E-state index is 13.2. The Kier molecular flexibility index (Phi) is 3.71. The molecule has 0 saturated carbocycles. The van der Waals surface area contributed by atoms with Crippen LogP contribution in [0.5, 0.6) is 0 Å². The molecule has 1 atom stereocenters. The molecule has 96 valence electrons. The van der Waals surface area contributed by atoms with Gasteiger partial charge in [-0.05, 0) is 36.8 Å². The average Bonchev–Trinajstić information content (AvgIpc) is 2.41. The molecule has 1 aromatic carbocycles. The fourth-order valence-corrected chi connectivity index (χ4v) is 1.70. The second-order valence-electron chi connectivity index (χ2n) is 4.11. The van der Waals surface area contributed by atoms with Crippen molar-refractivity contribution < 1.29 is 8.78 Å². The van der Waals surface area contributed by atoms with Crippen molar-refractivity contribution in [2.75, 3.05) is 5.32 Å². The van der Waals surface area contributed by atoms with E-state index in [1.165, 1.54) is 24.3 Å². The van der Waals surface area contributed by atoms with Crippen LogP contribution in [0, 0.1) is 23.0 Å². The van der Waals surface area contributed by atoms with Crippen LogP contribution in [0.2, 0.25) is 0 Å². The molecule has 0 aliphatic heterocycles. The van der Waals surface area contributed by atoms with Crippen LogP contribution < -0.4 is 5.32 Å². The Balaban J connectivity index is 2.20. The Bertz CT molecular complexity index is 635. The van der Waals surface area contributed by atoms with Gasteiger partial charge in [-0.2, -0.15) is 5.26 Å². The standard InChI is InChI=1S/C14H11F2N3/c1-9(11-4-12(15)8-18-7-11)19-13-2-3-14(16)10(5-13)6-17/h2-5,7-9,19H,1H3. The smallest absolute Gasteiger partial charge is 0.141 e. The van der Waals surface area contributed by atoms with Gasteiger partial charge in [-0.15, -0.1) is 0 Å². The number of hydrogen-bond donors (Lipinski definition) is 1. The first-order valence-corrected chi connectivity index (χ1v) is 5.67. The summed E-state index contributed by atoms with van der Waals surface area (Å²) in [5.41, 5.74) is 1.23. The van der Waals surface area contributed by atoms with E-state index < -0.39 is 11.6 Å². The first kappa shape index (κ1) is 13.0. The zero-order chi connectivity index (χ0) is 13.8. The number of aromatic nitrogens is 1. The predicted octanol–water partition coefficient (Wildman–Crippen LogP) is 3.40. The molecular formula is C14H11F2N3. The van der Waals surface area contributed by atoms with E-state index in [0.717, 1.165) is 6.20 Å². The van der Waals surface area contributed by atoms with Crippen LogP contribution >= 0.6 is 0 Å². The number of hydrogen-bond acceptors (Lipinski definition) is 3. The Labute approximate surface area is 109 Å². The molecule has 1 N–H and O–H groups in total. The Morgan fingerprint density at radius 1 is 1.26 bits per heavy atom. The molecule has 0 aliphatic rings. The molecule has 0 bridgehead atoms. The molecule has 1 heterocycles. The van der Waals surface area contributed by atoms with Crippen LogP contribution in [-0.4, -0.2) is 4.98 Å². The van der Waals surface area contributed by atoms with Crippen LogP contribution in [0.3, 0.4) is 0 Å². The van der Waals surface area contributed by atoms with E-state index >= 15 is 0 Å². The number of benzene rings is 1. The molecule has 2 rings (SSSR count). The Morgan fingerprint density at radius 3 is 2.74 bits per heavy atom. The van der Waals surface area contributed by atoms with Gasteiger partial charge in [-0.3, -0.25) is 4.98 Å². The van der Waals surface area contributed by atoms with Crippen LogP contribution in [0.1, 0.15) is 24.1 Å². The van der Waals surface area contributed by atoms with Gasteiger partial charge in [-0.1, -0.05) is 0 Å². The Morgan fingerprint density at radius 2 is 2.05 bits per heavy atom. The normalized spacial score (nSPS) is 11.7. The first-order valence-electron chi connectivity index (χ1n) is 5.67. The monoisotopic (exact) mass is 259 g/mol. The molecule has 1 unspecified atom stereocenters. The molecule has 19 heavy (non-hydrogen) atoms. The number of pyridine rings is 1. The second kappa shape index (κ2) is 5.44. The van der Waals surface area contributed by atoms with Gasteiger partial charge in [0.1, 0.15) is 17.7 Å². The number of rotatable bonds is 3. The fraction of sp³-hybridized carbons (Fsp3) is 0.143. The lowest BCUT2D eigenvalue weighted by Crippen LogP contribution is -2.07. The van der Waals surface area contributed by atoms with E-state index in [4.69, 9.17) is 5.26 Å². The third-order valence-corrected chi connectivity index (χ3v) is 2.70. The number of anilines is 1. The zero-order valence-electron chi connectivity index (χ0n) is 10.2. The van der Waals surface area contributed by atoms with Gasteiger partial charge >= 0.3 is 0 Å². The third kappa shape index (κ3) is 3.05. The minimum absolute atomic E-state index is 0.0328. The molecule has 3 nitrogen and oxygen atoms in total. The highest BCUT2D eigenvalue weighted by Crippen LogP contribution is 2.21. The van der Waals surface area contributed by atoms with Crippen molar-refractivity contribution in [2.24, 2.45) is 0 Å². The molecule has 5 heteroatoms. The van der Waals surface area contributed by atoms with Gasteiger partial charge in [0, 0.05) is 11.9 Å². The summed E-state index contributed by atoms with van der Waals surface area (Å²) in [5.74, 6) is -0.976. The van der Waals surface area contributed by atoms with Gasteiger partial charge in [0.2, 0.25) is 0 Å². The highest BCUT2D eigenvalue weighted by molar-refractivity contribution is 5.51. The summed E-state index contributed by atoms with van der Waals surface area (Å²) in [6, 6.07) is 7.10. The minimum atomic E-state index is -0.562. The van der Waals surface area contributed by atoms with E-state index in [1.807, 2.05) is 6.92 Å². The van der Waals surface area contributed by atoms with Crippen molar-refractivity contribution in [3.63, 3.8) is 0 Å². The van der Waals surface area contributed by atoms with Gasteiger partial charge in [0.25, 0.3) is 0 Å². The van der Waals surface area contributed by atoms with Crippen molar-refractivity contribution in [1.82, 2.24) is 4.98 Å². The number of nitriles is 1. The van der Waals surface area contributed by atoms with E-state index in [-0.39, 0.29) is 11.6 Å². The van der Waals surface area contributed by atoms with Crippen molar-refractivity contribution in [2.45, 2.75) is 13.0 Å². The lowest BCUT2D eigenvalue weighted by Gasteiger charge is -2.15. The largest absolute Gasteiger partial charge is 0.378 e. The minimum Gasteiger partial charge on any atom is -0.378 e. The highest BCUT2D eigenvalue weighted by atomic mass is 19.1. The summed E-state index contributed by atoms with van der Waals surface area (Å²) in [7, 11) is 0. The van der Waals surface area contributed by atoms with Crippen molar-refractivity contribution in [3.05, 3.63) is 59.4 Å².